The Bertz CT molecular complexity index is 712. The lowest BCUT2D eigenvalue weighted by Crippen LogP contribution is -2.51. The van der Waals surface area contributed by atoms with Gasteiger partial charge in [-0.2, -0.15) is 0 Å². The number of allylic oxidation sites excluding steroid dienone is 1. The molecule has 1 heterocycles. The normalized spacial score (nSPS) is 50.8. The molecule has 2 nitrogen and oxygen atoms in total. The summed E-state index contributed by atoms with van der Waals surface area (Å²) in [5.41, 5.74) is 2.48. The van der Waals surface area contributed by atoms with Crippen molar-refractivity contribution in [3.8, 4) is 0 Å². The quantitative estimate of drug-likeness (QED) is 0.377. The zero-order chi connectivity index (χ0) is 22.1. The first kappa shape index (κ1) is 22.5. The highest BCUT2D eigenvalue weighted by atomic mass is 16.6. The van der Waals surface area contributed by atoms with Crippen molar-refractivity contribution in [1.82, 2.24) is 0 Å². The van der Waals surface area contributed by atoms with E-state index in [2.05, 4.69) is 47.6 Å². The minimum atomic E-state index is -0.0919. The van der Waals surface area contributed by atoms with E-state index in [1.165, 1.54) is 44.9 Å². The Hall–Kier alpha value is -0.340. The monoisotopic (exact) mass is 428 g/mol. The van der Waals surface area contributed by atoms with Crippen LogP contribution in [0, 0.1) is 52.3 Å². The Morgan fingerprint density at radius 3 is 2.52 bits per heavy atom. The van der Waals surface area contributed by atoms with Gasteiger partial charge in [0.2, 0.25) is 0 Å². The second-order valence-corrected chi connectivity index (χ2v) is 13.1. The van der Waals surface area contributed by atoms with Gasteiger partial charge in [-0.25, -0.2) is 0 Å². The molecule has 2 heteroatoms. The van der Waals surface area contributed by atoms with Gasteiger partial charge in [-0.05, 0) is 104 Å². The highest BCUT2D eigenvalue weighted by molar-refractivity contribution is 5.25. The summed E-state index contributed by atoms with van der Waals surface area (Å²) in [6.07, 6.45) is 14.9. The summed E-state index contributed by atoms with van der Waals surface area (Å²) >= 11 is 0. The average Bonchev–Trinajstić information content (AvgIpc) is 3.42. The third kappa shape index (κ3) is 3.40. The van der Waals surface area contributed by atoms with Crippen LogP contribution in [-0.2, 0) is 4.74 Å². The van der Waals surface area contributed by atoms with E-state index in [0.717, 1.165) is 48.3 Å². The summed E-state index contributed by atoms with van der Waals surface area (Å²) in [6.45, 7) is 14.9. The summed E-state index contributed by atoms with van der Waals surface area (Å²) in [5.74, 6) is 5.62. The summed E-state index contributed by atoms with van der Waals surface area (Å²) in [7, 11) is 0. The summed E-state index contributed by atoms with van der Waals surface area (Å²) < 4.78 is 6.40. The summed E-state index contributed by atoms with van der Waals surface area (Å²) in [6, 6.07) is 0. The molecule has 2 unspecified atom stereocenters. The van der Waals surface area contributed by atoms with E-state index in [-0.39, 0.29) is 6.10 Å². The molecule has 0 aromatic heterocycles. The van der Waals surface area contributed by atoms with Crippen molar-refractivity contribution in [1.29, 1.82) is 0 Å². The van der Waals surface area contributed by atoms with Gasteiger partial charge in [-0.3, -0.25) is 0 Å². The van der Waals surface area contributed by atoms with Crippen LogP contribution in [0.15, 0.2) is 11.6 Å². The molecular weight excluding hydrogens is 380 g/mol. The first-order valence-corrected chi connectivity index (χ1v) is 13.7. The fraction of sp³-hybridized carbons (Fsp3) is 0.931. The van der Waals surface area contributed by atoms with Crippen molar-refractivity contribution < 1.29 is 9.84 Å². The number of epoxide rings is 1. The van der Waals surface area contributed by atoms with Crippen LogP contribution in [-0.4, -0.2) is 23.4 Å². The molecule has 0 aromatic rings. The molecule has 176 valence electrons. The molecule has 4 aliphatic carbocycles. The Kier molecular flexibility index (Phi) is 5.70. The van der Waals surface area contributed by atoms with Gasteiger partial charge in [-0.1, -0.05) is 59.6 Å². The van der Waals surface area contributed by atoms with Gasteiger partial charge in [-0.15, -0.1) is 0 Å². The van der Waals surface area contributed by atoms with Crippen LogP contribution in [0.25, 0.3) is 0 Å². The number of hydrogen-bond acceptors (Lipinski definition) is 2. The van der Waals surface area contributed by atoms with Crippen molar-refractivity contribution in [2.75, 3.05) is 0 Å². The van der Waals surface area contributed by atoms with Crippen LogP contribution in [0.4, 0.5) is 0 Å². The molecule has 0 amide bonds. The lowest BCUT2D eigenvalue weighted by Gasteiger charge is -2.58. The molecule has 5 rings (SSSR count). The molecule has 3 saturated carbocycles. The Balaban J connectivity index is 1.33. The second-order valence-electron chi connectivity index (χ2n) is 13.1. The smallest absolute Gasteiger partial charge is 0.0875 e. The fourth-order valence-corrected chi connectivity index (χ4v) is 9.76. The molecule has 31 heavy (non-hydrogen) atoms. The minimum Gasteiger partial charge on any atom is -0.393 e. The highest BCUT2D eigenvalue weighted by Gasteiger charge is 2.61. The third-order valence-corrected chi connectivity index (χ3v) is 11.6. The van der Waals surface area contributed by atoms with E-state index in [1.807, 2.05) is 0 Å². The molecule has 1 N–H and O–H groups in total. The van der Waals surface area contributed by atoms with Crippen LogP contribution in [0.2, 0.25) is 0 Å². The maximum absolute atomic E-state index is 10.3. The molecule has 0 spiro atoms. The van der Waals surface area contributed by atoms with Gasteiger partial charge >= 0.3 is 0 Å². The number of ether oxygens (including phenoxy) is 1. The molecule has 1 saturated heterocycles. The Morgan fingerprint density at radius 2 is 1.81 bits per heavy atom. The number of aliphatic hydroxyl groups excluding tert-OH is 1. The molecular formula is C29H48O2. The fourth-order valence-electron chi connectivity index (χ4n) is 9.76. The van der Waals surface area contributed by atoms with E-state index in [0.29, 0.717) is 29.0 Å². The van der Waals surface area contributed by atoms with Crippen LogP contribution in [0.5, 0.6) is 0 Å². The first-order chi connectivity index (χ1) is 14.7. The second kappa shape index (κ2) is 7.86. The molecule has 11 atom stereocenters. The number of hydrogen-bond donors (Lipinski definition) is 1. The van der Waals surface area contributed by atoms with Crippen molar-refractivity contribution in [2.24, 2.45) is 52.3 Å². The molecule has 1 aliphatic heterocycles. The predicted octanol–water partition coefficient (Wildman–Crippen LogP) is 7.01. The topological polar surface area (TPSA) is 32.8 Å². The van der Waals surface area contributed by atoms with Crippen LogP contribution >= 0.6 is 0 Å². The predicted molar refractivity (Wildman–Crippen MR) is 128 cm³/mol. The summed E-state index contributed by atoms with van der Waals surface area (Å²) in [4.78, 5) is 0. The molecule has 4 fully saturated rings. The van der Waals surface area contributed by atoms with E-state index >= 15 is 0 Å². The lowest BCUT2D eigenvalue weighted by molar-refractivity contribution is -0.0582. The van der Waals surface area contributed by atoms with Crippen LogP contribution < -0.4 is 0 Å². The molecule has 5 aliphatic rings. The maximum Gasteiger partial charge on any atom is 0.0875 e. The molecule has 0 radical (unpaired) electrons. The standard InChI is InChI=1S/C29H48O2/c1-7-21(17(2)3)27-26(31-27)18(4)23-10-11-24-22-9-8-19-16-20(30)12-14-28(19,5)25(22)13-15-29(23,24)6/h8,17-18,20-27,30H,7,9-16H2,1-6H3/t18?,20-,21?,22-,23+,24-,25-,26+,27+,28-,29+/m0/s1. The number of rotatable bonds is 5. The lowest BCUT2D eigenvalue weighted by atomic mass is 9.47. The van der Waals surface area contributed by atoms with Crippen molar-refractivity contribution in [2.45, 2.75) is 118 Å². The van der Waals surface area contributed by atoms with E-state index in [9.17, 15) is 5.11 Å². The third-order valence-electron chi connectivity index (χ3n) is 11.6. The number of aliphatic hydroxyl groups is 1. The largest absolute Gasteiger partial charge is 0.393 e. The van der Waals surface area contributed by atoms with Crippen LogP contribution in [0.1, 0.15) is 99.3 Å². The Labute approximate surface area is 191 Å². The van der Waals surface area contributed by atoms with Crippen molar-refractivity contribution in [3.63, 3.8) is 0 Å². The Morgan fingerprint density at radius 1 is 1.03 bits per heavy atom. The average molecular weight is 429 g/mol. The first-order valence-electron chi connectivity index (χ1n) is 13.7. The van der Waals surface area contributed by atoms with Gasteiger partial charge in [0, 0.05) is 0 Å². The van der Waals surface area contributed by atoms with E-state index in [1.54, 1.807) is 5.57 Å². The van der Waals surface area contributed by atoms with Crippen molar-refractivity contribution in [3.05, 3.63) is 11.6 Å². The maximum atomic E-state index is 10.3. The molecule has 0 aromatic carbocycles. The van der Waals surface area contributed by atoms with Gasteiger partial charge < -0.3 is 9.84 Å². The number of fused-ring (bicyclic) bond motifs is 5. The zero-order valence-electron chi connectivity index (χ0n) is 21.1. The van der Waals surface area contributed by atoms with Gasteiger partial charge in [0.25, 0.3) is 0 Å². The highest BCUT2D eigenvalue weighted by Crippen LogP contribution is 2.68. The molecule has 0 bridgehead atoms. The zero-order valence-corrected chi connectivity index (χ0v) is 21.1. The SMILES string of the molecule is CCC(C(C)C)[C@H]1O[C@@H]1C(C)[C@H]1CC[C@H]2[C@@H]3CC=C4C[C@@H](O)CC[C@]4(C)[C@H]3CC[C@]12C. The summed E-state index contributed by atoms with van der Waals surface area (Å²) in [5, 5.41) is 10.3. The van der Waals surface area contributed by atoms with E-state index in [4.69, 9.17) is 4.74 Å². The van der Waals surface area contributed by atoms with Crippen LogP contribution in [0.3, 0.4) is 0 Å². The van der Waals surface area contributed by atoms with Gasteiger partial charge in [0.05, 0.1) is 18.3 Å². The minimum absolute atomic E-state index is 0.0919. The van der Waals surface area contributed by atoms with E-state index < -0.39 is 0 Å². The van der Waals surface area contributed by atoms with Crippen molar-refractivity contribution >= 4 is 0 Å². The van der Waals surface area contributed by atoms with Gasteiger partial charge in [0.15, 0.2) is 0 Å². The van der Waals surface area contributed by atoms with Gasteiger partial charge in [0.1, 0.15) is 0 Å².